The van der Waals surface area contributed by atoms with Crippen LogP contribution in [0.5, 0.6) is 0 Å². The van der Waals surface area contributed by atoms with Crippen LogP contribution < -0.4 is 4.90 Å². The molecule has 0 bridgehead atoms. The molecule has 130 valence electrons. The minimum Gasteiger partial charge on any atom is -0.371 e. The number of aryl methyl sites for hydroxylation is 2. The molecule has 0 aliphatic carbocycles. The lowest BCUT2D eigenvalue weighted by Crippen LogP contribution is -2.34. The summed E-state index contributed by atoms with van der Waals surface area (Å²) in [6.45, 7) is 6.48. The molecule has 4 rings (SSSR count). The maximum atomic E-state index is 4.82. The van der Waals surface area contributed by atoms with Crippen molar-refractivity contribution in [3.05, 3.63) is 47.7 Å². The van der Waals surface area contributed by atoms with Gasteiger partial charge in [-0.2, -0.15) is 0 Å². The lowest BCUT2D eigenvalue weighted by Gasteiger charge is -2.35. The fourth-order valence-electron chi connectivity index (χ4n) is 4.16. The van der Waals surface area contributed by atoms with Crippen LogP contribution in [0.15, 0.2) is 30.6 Å². The number of anilines is 1. The number of pyridine rings is 1. The van der Waals surface area contributed by atoms with E-state index in [9.17, 15) is 0 Å². The van der Waals surface area contributed by atoms with Crippen molar-refractivity contribution in [2.45, 2.75) is 39.0 Å². The number of piperidine rings is 1. The van der Waals surface area contributed by atoms with Gasteiger partial charge in [-0.3, -0.25) is 4.98 Å². The first-order valence-corrected chi connectivity index (χ1v) is 9.16. The van der Waals surface area contributed by atoms with E-state index in [4.69, 9.17) is 4.98 Å². The summed E-state index contributed by atoms with van der Waals surface area (Å²) in [4.78, 5) is 7.38. The molecule has 1 aliphatic heterocycles. The Labute approximate surface area is 148 Å². The Bertz CT molecular complexity index is 890. The van der Waals surface area contributed by atoms with Gasteiger partial charge in [0.1, 0.15) is 12.2 Å². The van der Waals surface area contributed by atoms with Crippen LogP contribution in [0, 0.1) is 6.92 Å². The van der Waals surface area contributed by atoms with E-state index in [0.717, 1.165) is 49.4 Å². The normalized spacial score (nSPS) is 15.9. The summed E-state index contributed by atoms with van der Waals surface area (Å²) in [5.74, 6) is 1.62. The number of hydrogen-bond donors (Lipinski definition) is 0. The average Bonchev–Trinajstić information content (AvgIpc) is 3.06. The zero-order valence-corrected chi connectivity index (χ0v) is 15.2. The third-order valence-corrected chi connectivity index (χ3v) is 5.45. The van der Waals surface area contributed by atoms with Crippen molar-refractivity contribution in [3.8, 4) is 0 Å². The van der Waals surface area contributed by atoms with Gasteiger partial charge in [0, 0.05) is 37.1 Å². The smallest absolute Gasteiger partial charge is 0.135 e. The molecule has 1 saturated heterocycles. The maximum absolute atomic E-state index is 4.82. The van der Waals surface area contributed by atoms with Crippen molar-refractivity contribution < 1.29 is 0 Å². The SMILES string of the molecule is CCc1c(C)nc2ccccc2c1N1CCC(c2nncn2C)CC1. The molecule has 1 aromatic carbocycles. The summed E-state index contributed by atoms with van der Waals surface area (Å²) in [6, 6.07) is 8.53. The van der Waals surface area contributed by atoms with Gasteiger partial charge in [0.2, 0.25) is 0 Å². The zero-order valence-electron chi connectivity index (χ0n) is 15.2. The predicted molar refractivity (Wildman–Crippen MR) is 101 cm³/mol. The average molecular weight is 335 g/mol. The number of hydrogen-bond acceptors (Lipinski definition) is 4. The fraction of sp³-hybridized carbons (Fsp3) is 0.450. The fourth-order valence-corrected chi connectivity index (χ4v) is 4.16. The van der Waals surface area contributed by atoms with Gasteiger partial charge < -0.3 is 9.47 Å². The van der Waals surface area contributed by atoms with Gasteiger partial charge in [-0.05, 0) is 37.8 Å². The third kappa shape index (κ3) is 2.77. The van der Waals surface area contributed by atoms with Crippen molar-refractivity contribution in [3.63, 3.8) is 0 Å². The van der Waals surface area contributed by atoms with Gasteiger partial charge in [-0.15, -0.1) is 10.2 Å². The Balaban J connectivity index is 1.68. The van der Waals surface area contributed by atoms with E-state index in [1.165, 1.54) is 16.6 Å². The molecule has 3 heterocycles. The van der Waals surface area contributed by atoms with E-state index >= 15 is 0 Å². The van der Waals surface area contributed by atoms with Crippen molar-refractivity contribution in [1.29, 1.82) is 0 Å². The van der Waals surface area contributed by atoms with Crippen molar-refractivity contribution in [2.75, 3.05) is 18.0 Å². The summed E-state index contributed by atoms with van der Waals surface area (Å²) in [6.07, 6.45) is 5.05. The van der Waals surface area contributed by atoms with E-state index in [2.05, 4.69) is 57.8 Å². The highest BCUT2D eigenvalue weighted by Gasteiger charge is 2.26. The molecule has 0 N–H and O–H groups in total. The van der Waals surface area contributed by atoms with Crippen LogP contribution in [0.2, 0.25) is 0 Å². The van der Waals surface area contributed by atoms with Crippen molar-refractivity contribution >= 4 is 16.6 Å². The van der Waals surface area contributed by atoms with Crippen LogP contribution in [0.4, 0.5) is 5.69 Å². The molecule has 5 heteroatoms. The summed E-state index contributed by atoms with van der Waals surface area (Å²) >= 11 is 0. The molecule has 3 aromatic rings. The van der Waals surface area contributed by atoms with Crippen LogP contribution in [-0.4, -0.2) is 32.8 Å². The Morgan fingerprint density at radius 1 is 1.16 bits per heavy atom. The lowest BCUT2D eigenvalue weighted by atomic mass is 9.94. The van der Waals surface area contributed by atoms with Gasteiger partial charge in [-0.1, -0.05) is 25.1 Å². The van der Waals surface area contributed by atoms with Crippen LogP contribution in [0.25, 0.3) is 10.9 Å². The molecule has 0 spiro atoms. The summed E-state index contributed by atoms with van der Waals surface area (Å²) in [5.41, 5.74) is 5.03. The highest BCUT2D eigenvalue weighted by atomic mass is 15.3. The van der Waals surface area contributed by atoms with E-state index in [1.807, 2.05) is 7.05 Å². The van der Waals surface area contributed by atoms with Crippen molar-refractivity contribution in [2.24, 2.45) is 7.05 Å². The molecular weight excluding hydrogens is 310 g/mol. The maximum Gasteiger partial charge on any atom is 0.135 e. The standard InChI is InChI=1S/C20H25N5/c1-4-16-14(2)22-18-8-6-5-7-17(18)19(16)25-11-9-15(10-12-25)20-23-21-13-24(20)3/h5-8,13,15H,4,9-12H2,1-3H3. The summed E-state index contributed by atoms with van der Waals surface area (Å²) in [7, 11) is 2.04. The monoisotopic (exact) mass is 335 g/mol. The number of aromatic nitrogens is 4. The van der Waals surface area contributed by atoms with E-state index in [1.54, 1.807) is 6.33 Å². The van der Waals surface area contributed by atoms with Gasteiger partial charge in [-0.25, -0.2) is 0 Å². The van der Waals surface area contributed by atoms with E-state index in [-0.39, 0.29) is 0 Å². The first-order chi connectivity index (χ1) is 12.2. The zero-order chi connectivity index (χ0) is 17.4. The van der Waals surface area contributed by atoms with E-state index < -0.39 is 0 Å². The van der Waals surface area contributed by atoms with Crippen LogP contribution in [0.3, 0.4) is 0 Å². The number of para-hydroxylation sites is 1. The van der Waals surface area contributed by atoms with Gasteiger partial charge in [0.15, 0.2) is 0 Å². The Morgan fingerprint density at radius 2 is 1.92 bits per heavy atom. The van der Waals surface area contributed by atoms with Crippen LogP contribution in [0.1, 0.15) is 42.8 Å². The number of rotatable bonds is 3. The second kappa shape index (κ2) is 6.47. The molecule has 0 unspecified atom stereocenters. The molecular formula is C20H25N5. The first-order valence-electron chi connectivity index (χ1n) is 9.16. The Hall–Kier alpha value is -2.43. The molecule has 5 nitrogen and oxygen atoms in total. The molecule has 1 aliphatic rings. The number of nitrogens with zero attached hydrogens (tertiary/aromatic N) is 5. The van der Waals surface area contributed by atoms with Crippen LogP contribution in [-0.2, 0) is 13.5 Å². The summed E-state index contributed by atoms with van der Waals surface area (Å²) < 4.78 is 2.06. The quantitative estimate of drug-likeness (QED) is 0.733. The van der Waals surface area contributed by atoms with Gasteiger partial charge in [0.05, 0.1) is 11.2 Å². The second-order valence-electron chi connectivity index (χ2n) is 6.96. The molecule has 0 atom stereocenters. The minimum atomic E-state index is 0.503. The molecule has 25 heavy (non-hydrogen) atoms. The highest BCUT2D eigenvalue weighted by Crippen LogP contribution is 2.36. The highest BCUT2D eigenvalue weighted by molar-refractivity contribution is 5.94. The second-order valence-corrected chi connectivity index (χ2v) is 6.96. The molecule has 0 saturated carbocycles. The minimum absolute atomic E-state index is 0.503. The first kappa shape index (κ1) is 16.1. The van der Waals surface area contributed by atoms with Gasteiger partial charge >= 0.3 is 0 Å². The predicted octanol–water partition coefficient (Wildman–Crippen LogP) is 3.62. The number of fused-ring (bicyclic) bond motifs is 1. The molecule has 2 aromatic heterocycles. The van der Waals surface area contributed by atoms with E-state index in [0.29, 0.717) is 5.92 Å². The third-order valence-electron chi connectivity index (χ3n) is 5.45. The summed E-state index contributed by atoms with van der Waals surface area (Å²) in [5, 5.41) is 9.64. The largest absolute Gasteiger partial charge is 0.371 e. The molecule has 0 amide bonds. The molecule has 1 fully saturated rings. The lowest BCUT2D eigenvalue weighted by molar-refractivity contribution is 0.474. The Morgan fingerprint density at radius 3 is 2.60 bits per heavy atom. The topological polar surface area (TPSA) is 46.8 Å². The molecule has 0 radical (unpaired) electrons. The number of benzene rings is 1. The van der Waals surface area contributed by atoms with Crippen LogP contribution >= 0.6 is 0 Å². The van der Waals surface area contributed by atoms with Gasteiger partial charge in [0.25, 0.3) is 0 Å². The van der Waals surface area contributed by atoms with Crippen molar-refractivity contribution in [1.82, 2.24) is 19.7 Å². The Kier molecular flexibility index (Phi) is 4.15.